The van der Waals surface area contributed by atoms with Gasteiger partial charge in [0.15, 0.2) is 0 Å². The molecule has 1 aliphatic heterocycles. The van der Waals surface area contributed by atoms with Gasteiger partial charge in [0.1, 0.15) is 0 Å². The summed E-state index contributed by atoms with van der Waals surface area (Å²) in [5, 5.41) is 1.19. The van der Waals surface area contributed by atoms with Crippen molar-refractivity contribution in [3.63, 3.8) is 0 Å². The van der Waals surface area contributed by atoms with Crippen LogP contribution in [-0.4, -0.2) is 36.1 Å². The minimum absolute atomic E-state index is 0.0110. The zero-order valence-electron chi connectivity index (χ0n) is 12.3. The minimum Gasteiger partial charge on any atom is -0.469 e. The Morgan fingerprint density at radius 3 is 3.10 bits per heavy atom. The quantitative estimate of drug-likeness (QED) is 0.813. The molecule has 2 heterocycles. The van der Waals surface area contributed by atoms with E-state index in [1.165, 1.54) is 18.1 Å². The van der Waals surface area contributed by atoms with Crippen LogP contribution in [-0.2, 0) is 16.1 Å². The monoisotopic (exact) mass is 284 g/mol. The van der Waals surface area contributed by atoms with Gasteiger partial charge in [0.2, 0.25) is 0 Å². The Labute approximate surface area is 124 Å². The van der Waals surface area contributed by atoms with Crippen LogP contribution < -0.4 is 0 Å². The molecule has 0 unspecified atom stereocenters. The molecule has 0 aliphatic carbocycles. The van der Waals surface area contributed by atoms with Crippen LogP contribution in [0.5, 0.6) is 0 Å². The Kier molecular flexibility index (Phi) is 4.15. The normalized spacial score (nSPS) is 19.6. The maximum absolute atomic E-state index is 11.7. The molecule has 0 spiro atoms. The predicted octanol–water partition coefficient (Wildman–Crippen LogP) is 2.62. The van der Waals surface area contributed by atoms with E-state index in [1.54, 1.807) is 0 Å². The fraction of sp³-hybridized carbons (Fsp3) is 0.412. The van der Waals surface area contributed by atoms with Crippen LogP contribution in [0.2, 0.25) is 0 Å². The SMILES string of the molecule is COC(=O)[C@H]1CCCN(Cc2ccnc3ccccc23)C1. The van der Waals surface area contributed by atoms with Gasteiger partial charge in [-0.1, -0.05) is 18.2 Å². The number of rotatable bonds is 3. The van der Waals surface area contributed by atoms with Crippen molar-refractivity contribution in [2.45, 2.75) is 19.4 Å². The van der Waals surface area contributed by atoms with Crippen LogP contribution in [0.4, 0.5) is 0 Å². The summed E-state index contributed by atoms with van der Waals surface area (Å²) in [4.78, 5) is 18.5. The Morgan fingerprint density at radius 1 is 1.38 bits per heavy atom. The third-order valence-corrected chi connectivity index (χ3v) is 4.17. The number of fused-ring (bicyclic) bond motifs is 1. The van der Waals surface area contributed by atoms with Crippen LogP contribution in [0.25, 0.3) is 10.9 Å². The molecule has 1 aliphatic rings. The molecule has 4 heteroatoms. The topological polar surface area (TPSA) is 42.4 Å². The van der Waals surface area contributed by atoms with E-state index >= 15 is 0 Å². The Balaban J connectivity index is 1.77. The lowest BCUT2D eigenvalue weighted by molar-refractivity contribution is -0.147. The van der Waals surface area contributed by atoms with E-state index in [0.29, 0.717) is 0 Å². The highest BCUT2D eigenvalue weighted by Gasteiger charge is 2.26. The second-order valence-electron chi connectivity index (χ2n) is 5.58. The maximum atomic E-state index is 11.7. The van der Waals surface area contributed by atoms with E-state index in [1.807, 2.05) is 24.4 Å². The molecule has 1 aromatic heterocycles. The zero-order valence-corrected chi connectivity index (χ0v) is 12.3. The number of ether oxygens (including phenoxy) is 1. The smallest absolute Gasteiger partial charge is 0.309 e. The molecular formula is C17H20N2O2. The largest absolute Gasteiger partial charge is 0.469 e. The summed E-state index contributed by atoms with van der Waals surface area (Å²) in [5.74, 6) is -0.0730. The second-order valence-corrected chi connectivity index (χ2v) is 5.58. The molecule has 1 saturated heterocycles. The molecule has 0 N–H and O–H groups in total. The van der Waals surface area contributed by atoms with Crippen molar-refractivity contribution >= 4 is 16.9 Å². The van der Waals surface area contributed by atoms with Crippen molar-refractivity contribution in [2.75, 3.05) is 20.2 Å². The number of likely N-dealkylation sites (tertiary alicyclic amines) is 1. The molecule has 2 aromatic rings. The Hall–Kier alpha value is -1.94. The highest BCUT2D eigenvalue weighted by atomic mass is 16.5. The zero-order chi connectivity index (χ0) is 14.7. The highest BCUT2D eigenvalue weighted by Crippen LogP contribution is 2.22. The number of pyridine rings is 1. The molecule has 1 fully saturated rings. The number of para-hydroxylation sites is 1. The standard InChI is InChI=1S/C17H20N2O2/c1-21-17(20)14-5-4-10-19(12-14)11-13-8-9-18-16-7-3-2-6-15(13)16/h2-3,6-9,14H,4-5,10-12H2,1H3/t14-/m0/s1. The van der Waals surface area contributed by atoms with Crippen molar-refractivity contribution in [3.05, 3.63) is 42.1 Å². The van der Waals surface area contributed by atoms with E-state index in [4.69, 9.17) is 4.74 Å². The molecule has 1 aromatic carbocycles. The van der Waals surface area contributed by atoms with Crippen molar-refractivity contribution in [1.82, 2.24) is 9.88 Å². The van der Waals surface area contributed by atoms with Crippen LogP contribution in [0, 0.1) is 5.92 Å². The molecular weight excluding hydrogens is 264 g/mol. The summed E-state index contributed by atoms with van der Waals surface area (Å²) < 4.78 is 4.88. The van der Waals surface area contributed by atoms with Gasteiger partial charge in [0, 0.05) is 24.7 Å². The number of nitrogens with zero attached hydrogens (tertiary/aromatic N) is 2. The first-order chi connectivity index (χ1) is 10.3. The number of carbonyl (C=O) groups is 1. The van der Waals surface area contributed by atoms with E-state index in [-0.39, 0.29) is 11.9 Å². The van der Waals surface area contributed by atoms with Gasteiger partial charge in [-0.25, -0.2) is 0 Å². The Bertz CT molecular complexity index is 636. The number of methoxy groups -OCH3 is 1. The molecule has 21 heavy (non-hydrogen) atoms. The molecule has 110 valence electrons. The number of esters is 1. The van der Waals surface area contributed by atoms with Gasteiger partial charge >= 0.3 is 5.97 Å². The van der Waals surface area contributed by atoms with Gasteiger partial charge in [-0.05, 0) is 37.1 Å². The van der Waals surface area contributed by atoms with Gasteiger partial charge in [-0.3, -0.25) is 14.7 Å². The average molecular weight is 284 g/mol. The lowest BCUT2D eigenvalue weighted by atomic mass is 9.97. The summed E-state index contributed by atoms with van der Waals surface area (Å²) in [6, 6.07) is 10.3. The minimum atomic E-state index is -0.0840. The van der Waals surface area contributed by atoms with Crippen molar-refractivity contribution in [3.8, 4) is 0 Å². The van der Waals surface area contributed by atoms with Crippen molar-refractivity contribution < 1.29 is 9.53 Å². The average Bonchev–Trinajstić information content (AvgIpc) is 2.55. The van der Waals surface area contributed by atoms with E-state index in [0.717, 1.165) is 38.0 Å². The van der Waals surface area contributed by atoms with Crippen LogP contribution in [0.1, 0.15) is 18.4 Å². The van der Waals surface area contributed by atoms with Crippen molar-refractivity contribution in [2.24, 2.45) is 5.92 Å². The number of carbonyl (C=O) groups excluding carboxylic acids is 1. The lowest BCUT2D eigenvalue weighted by Crippen LogP contribution is -2.38. The predicted molar refractivity (Wildman–Crippen MR) is 81.8 cm³/mol. The van der Waals surface area contributed by atoms with Crippen LogP contribution >= 0.6 is 0 Å². The lowest BCUT2D eigenvalue weighted by Gasteiger charge is -2.31. The molecule has 3 rings (SSSR count). The van der Waals surface area contributed by atoms with E-state index in [2.05, 4.69) is 22.0 Å². The molecule has 0 saturated carbocycles. The number of piperidine rings is 1. The summed E-state index contributed by atoms with van der Waals surface area (Å²) in [5.41, 5.74) is 2.29. The number of aromatic nitrogens is 1. The molecule has 0 bridgehead atoms. The fourth-order valence-corrected chi connectivity index (χ4v) is 3.09. The van der Waals surface area contributed by atoms with Gasteiger partial charge < -0.3 is 4.74 Å². The van der Waals surface area contributed by atoms with Crippen molar-refractivity contribution in [1.29, 1.82) is 0 Å². The second kappa shape index (κ2) is 6.22. The van der Waals surface area contributed by atoms with Gasteiger partial charge in [-0.2, -0.15) is 0 Å². The Morgan fingerprint density at radius 2 is 2.24 bits per heavy atom. The van der Waals surface area contributed by atoms with E-state index < -0.39 is 0 Å². The van der Waals surface area contributed by atoms with Gasteiger partial charge in [0.05, 0.1) is 18.5 Å². The third-order valence-electron chi connectivity index (χ3n) is 4.17. The highest BCUT2D eigenvalue weighted by molar-refractivity contribution is 5.81. The fourth-order valence-electron chi connectivity index (χ4n) is 3.09. The first kappa shape index (κ1) is 14.0. The summed E-state index contributed by atoms with van der Waals surface area (Å²) >= 11 is 0. The number of benzene rings is 1. The first-order valence-corrected chi connectivity index (χ1v) is 7.41. The summed E-state index contributed by atoms with van der Waals surface area (Å²) in [6.07, 6.45) is 3.84. The summed E-state index contributed by atoms with van der Waals surface area (Å²) in [7, 11) is 1.47. The number of hydrogen-bond donors (Lipinski definition) is 0. The maximum Gasteiger partial charge on any atom is 0.309 e. The van der Waals surface area contributed by atoms with Gasteiger partial charge in [0.25, 0.3) is 0 Å². The van der Waals surface area contributed by atoms with Gasteiger partial charge in [-0.15, -0.1) is 0 Å². The molecule has 0 amide bonds. The van der Waals surface area contributed by atoms with Crippen LogP contribution in [0.15, 0.2) is 36.5 Å². The number of hydrogen-bond acceptors (Lipinski definition) is 4. The third kappa shape index (κ3) is 3.05. The molecule has 1 atom stereocenters. The summed E-state index contributed by atoms with van der Waals surface area (Å²) in [6.45, 7) is 2.67. The molecule has 0 radical (unpaired) electrons. The molecule has 4 nitrogen and oxygen atoms in total. The van der Waals surface area contributed by atoms with E-state index in [9.17, 15) is 4.79 Å². The first-order valence-electron chi connectivity index (χ1n) is 7.41. The van der Waals surface area contributed by atoms with Crippen LogP contribution in [0.3, 0.4) is 0 Å².